The van der Waals surface area contributed by atoms with Gasteiger partial charge in [0, 0.05) is 6.54 Å². The second-order valence-corrected chi connectivity index (χ2v) is 8.47. The number of benzene rings is 2. The molecular weight excluding hydrogens is 422 g/mol. The van der Waals surface area contributed by atoms with Gasteiger partial charge in [-0.2, -0.15) is 0 Å². The smallest absolute Gasteiger partial charge is 0.308 e. The molecule has 2 aromatic carbocycles. The minimum absolute atomic E-state index is 0.0635. The molecule has 1 aliphatic rings. The lowest BCUT2D eigenvalue weighted by Crippen LogP contribution is -2.54. The average molecular weight is 454 g/mol. The zero-order valence-electron chi connectivity index (χ0n) is 19.0. The summed E-state index contributed by atoms with van der Waals surface area (Å²) in [5, 5.41) is 18.8. The lowest BCUT2D eigenvalue weighted by atomic mass is 9.64. The Hall–Kier alpha value is -3.35. The number of amides is 1. The van der Waals surface area contributed by atoms with Crippen molar-refractivity contribution in [3.05, 3.63) is 60.2 Å². The number of para-hydroxylation sites is 1. The van der Waals surface area contributed by atoms with Crippen LogP contribution in [0.4, 0.5) is 0 Å². The summed E-state index contributed by atoms with van der Waals surface area (Å²) in [4.78, 5) is 38.3. The van der Waals surface area contributed by atoms with Gasteiger partial charge < -0.3 is 19.8 Å². The number of carbonyl (C=O) groups excluding carboxylic acids is 1. The van der Waals surface area contributed by atoms with Crippen molar-refractivity contribution in [3.8, 4) is 11.5 Å². The van der Waals surface area contributed by atoms with E-state index in [2.05, 4.69) is 0 Å². The summed E-state index contributed by atoms with van der Waals surface area (Å²) >= 11 is 0. The van der Waals surface area contributed by atoms with Gasteiger partial charge in [-0.1, -0.05) is 50.6 Å². The van der Waals surface area contributed by atoms with Gasteiger partial charge in [-0.3, -0.25) is 14.4 Å². The van der Waals surface area contributed by atoms with Crippen molar-refractivity contribution in [2.24, 2.45) is 17.8 Å². The van der Waals surface area contributed by atoms with Gasteiger partial charge in [-0.15, -0.1) is 0 Å². The normalized spacial score (nSPS) is 20.4. The third kappa shape index (κ3) is 5.53. The van der Waals surface area contributed by atoms with Gasteiger partial charge >= 0.3 is 11.9 Å². The molecule has 1 amide bonds. The molecule has 0 heterocycles. The molecule has 1 aliphatic carbocycles. The molecule has 0 saturated heterocycles. The quantitative estimate of drug-likeness (QED) is 0.497. The second kappa shape index (κ2) is 11.0. The van der Waals surface area contributed by atoms with Crippen LogP contribution in [-0.4, -0.2) is 39.5 Å². The summed E-state index contributed by atoms with van der Waals surface area (Å²) in [6.07, 6.45) is 2.34. The third-order valence-corrected chi connectivity index (χ3v) is 6.22. The first-order valence-electron chi connectivity index (χ1n) is 11.5. The van der Waals surface area contributed by atoms with Crippen LogP contribution < -0.4 is 4.74 Å². The van der Waals surface area contributed by atoms with Crippen molar-refractivity contribution in [2.75, 3.05) is 6.54 Å². The van der Waals surface area contributed by atoms with Crippen molar-refractivity contribution in [2.45, 2.75) is 45.6 Å². The first-order valence-corrected chi connectivity index (χ1v) is 11.5. The molecule has 1 saturated carbocycles. The highest BCUT2D eigenvalue weighted by Crippen LogP contribution is 2.43. The predicted molar refractivity (Wildman–Crippen MR) is 123 cm³/mol. The number of aliphatic carboxylic acids is 2. The highest BCUT2D eigenvalue weighted by Gasteiger charge is 2.54. The molecule has 1 fully saturated rings. The van der Waals surface area contributed by atoms with Crippen molar-refractivity contribution in [1.82, 2.24) is 4.90 Å². The lowest BCUT2D eigenvalue weighted by molar-refractivity contribution is -0.172. The Balaban J connectivity index is 1.82. The fourth-order valence-corrected chi connectivity index (χ4v) is 4.54. The molecule has 0 aliphatic heterocycles. The number of carbonyl (C=O) groups is 3. The van der Waals surface area contributed by atoms with Gasteiger partial charge in [0.1, 0.15) is 11.5 Å². The van der Waals surface area contributed by atoms with Crippen molar-refractivity contribution < 1.29 is 29.3 Å². The molecule has 3 rings (SSSR count). The number of carboxylic acids is 2. The number of carboxylic acid groups (broad SMARTS) is 2. The molecule has 0 aromatic heterocycles. The number of rotatable bonds is 11. The lowest BCUT2D eigenvalue weighted by Gasteiger charge is -2.43. The summed E-state index contributed by atoms with van der Waals surface area (Å²) in [6.45, 7) is 4.49. The molecule has 2 aromatic rings. The topological polar surface area (TPSA) is 104 Å². The Labute approximate surface area is 194 Å². The second-order valence-electron chi connectivity index (χ2n) is 8.47. The predicted octanol–water partition coefficient (Wildman–Crippen LogP) is 4.98. The van der Waals surface area contributed by atoms with Crippen LogP contribution in [0.3, 0.4) is 0 Å². The van der Waals surface area contributed by atoms with Gasteiger partial charge in [0.05, 0.1) is 23.8 Å². The fourth-order valence-electron chi connectivity index (χ4n) is 4.54. The van der Waals surface area contributed by atoms with Crippen molar-refractivity contribution in [3.63, 3.8) is 0 Å². The van der Waals surface area contributed by atoms with Gasteiger partial charge in [-0.25, -0.2) is 0 Å². The Morgan fingerprint density at radius 3 is 2.09 bits per heavy atom. The van der Waals surface area contributed by atoms with E-state index >= 15 is 0 Å². The zero-order valence-corrected chi connectivity index (χ0v) is 19.0. The van der Waals surface area contributed by atoms with E-state index < -0.39 is 29.7 Å². The van der Waals surface area contributed by atoms with E-state index in [9.17, 15) is 24.6 Å². The zero-order chi connectivity index (χ0) is 24.0. The first-order chi connectivity index (χ1) is 15.9. The van der Waals surface area contributed by atoms with Crippen LogP contribution in [0.2, 0.25) is 0 Å². The summed E-state index contributed by atoms with van der Waals surface area (Å²) in [5.41, 5.74) is 0.944. The van der Waals surface area contributed by atoms with Crippen LogP contribution in [0, 0.1) is 17.8 Å². The summed E-state index contributed by atoms with van der Waals surface area (Å²) < 4.78 is 5.87. The molecule has 7 nitrogen and oxygen atoms in total. The van der Waals surface area contributed by atoms with Crippen molar-refractivity contribution in [1.29, 1.82) is 0 Å². The average Bonchev–Trinajstić information content (AvgIpc) is 2.76. The molecule has 0 bridgehead atoms. The SMILES string of the molecule is CCC[C@H](c1ccc(Oc2ccccc2)cc1)N(CCC)C(=O)C1CC(C(=O)O)C1C(=O)O. The molecule has 3 unspecified atom stereocenters. The number of hydrogen-bond donors (Lipinski definition) is 2. The summed E-state index contributed by atoms with van der Waals surface area (Å²) in [7, 11) is 0. The molecular formula is C26H31NO6. The van der Waals surface area contributed by atoms with E-state index in [1.807, 2.05) is 68.4 Å². The van der Waals surface area contributed by atoms with E-state index in [4.69, 9.17) is 4.74 Å². The molecule has 7 heteroatoms. The number of ether oxygens (including phenoxy) is 1. The molecule has 0 radical (unpaired) electrons. The number of hydrogen-bond acceptors (Lipinski definition) is 4. The summed E-state index contributed by atoms with van der Waals surface area (Å²) in [6, 6.07) is 16.8. The Bertz CT molecular complexity index is 959. The van der Waals surface area contributed by atoms with E-state index in [-0.39, 0.29) is 18.4 Å². The standard InChI is InChI=1S/C26H31NO6/c1-3-8-22(17-11-13-19(14-12-17)33-18-9-6-5-7-10-18)27(15-4-2)24(28)20-16-21(25(29)30)23(20)26(31)32/h5-7,9-14,20-23H,3-4,8,15-16H2,1-2H3,(H,29,30)(H,31,32)/t20?,21?,22-,23?/m1/s1. The largest absolute Gasteiger partial charge is 0.481 e. The molecule has 0 spiro atoms. The van der Waals surface area contributed by atoms with Gasteiger partial charge in [-0.05, 0) is 49.1 Å². The maximum atomic E-state index is 13.4. The summed E-state index contributed by atoms with van der Waals surface area (Å²) in [5.74, 6) is -4.25. The highest BCUT2D eigenvalue weighted by molar-refractivity contribution is 5.91. The van der Waals surface area contributed by atoms with Crippen LogP contribution in [-0.2, 0) is 14.4 Å². The highest BCUT2D eigenvalue weighted by atomic mass is 16.5. The van der Waals surface area contributed by atoms with Gasteiger partial charge in [0.15, 0.2) is 0 Å². The van der Waals surface area contributed by atoms with Gasteiger partial charge in [0.25, 0.3) is 0 Å². The van der Waals surface area contributed by atoms with Crippen molar-refractivity contribution >= 4 is 17.8 Å². The molecule has 4 atom stereocenters. The van der Waals surface area contributed by atoms with Crippen LogP contribution >= 0.6 is 0 Å². The minimum atomic E-state index is -1.22. The molecule has 2 N–H and O–H groups in total. The van der Waals surface area contributed by atoms with Crippen LogP contribution in [0.25, 0.3) is 0 Å². The van der Waals surface area contributed by atoms with E-state index in [1.54, 1.807) is 4.90 Å². The monoisotopic (exact) mass is 453 g/mol. The maximum Gasteiger partial charge on any atom is 0.308 e. The van der Waals surface area contributed by atoms with Crippen LogP contribution in [0.15, 0.2) is 54.6 Å². The fraction of sp³-hybridized carbons (Fsp3) is 0.423. The van der Waals surface area contributed by atoms with E-state index in [1.165, 1.54) is 0 Å². The minimum Gasteiger partial charge on any atom is -0.481 e. The first kappa shape index (κ1) is 24.3. The molecule has 33 heavy (non-hydrogen) atoms. The van der Waals surface area contributed by atoms with Crippen LogP contribution in [0.5, 0.6) is 11.5 Å². The van der Waals surface area contributed by atoms with E-state index in [0.717, 1.165) is 24.2 Å². The number of nitrogens with zero attached hydrogens (tertiary/aromatic N) is 1. The molecule has 176 valence electrons. The van der Waals surface area contributed by atoms with Crippen LogP contribution in [0.1, 0.15) is 51.1 Å². The maximum absolute atomic E-state index is 13.4. The van der Waals surface area contributed by atoms with E-state index in [0.29, 0.717) is 18.7 Å². The van der Waals surface area contributed by atoms with Gasteiger partial charge in [0.2, 0.25) is 5.91 Å². The Morgan fingerprint density at radius 2 is 1.55 bits per heavy atom. The third-order valence-electron chi connectivity index (χ3n) is 6.22. The Kier molecular flexibility index (Phi) is 8.09. The Morgan fingerprint density at radius 1 is 0.909 bits per heavy atom.